The van der Waals surface area contributed by atoms with E-state index in [1.54, 1.807) is 12.3 Å². The maximum absolute atomic E-state index is 7.32. The third-order valence-corrected chi connectivity index (χ3v) is 4.95. The van der Waals surface area contributed by atoms with E-state index in [1.165, 1.54) is 19.8 Å². The van der Waals surface area contributed by atoms with Crippen LogP contribution in [0.5, 0.6) is 0 Å². The molecule has 2 N–H and O–H groups in total. The van der Waals surface area contributed by atoms with E-state index in [1.807, 2.05) is 55.1 Å². The molecule has 0 spiro atoms. The largest absolute Gasteiger partial charge is 0.300 e. The van der Waals surface area contributed by atoms with Crippen LogP contribution in [-0.4, -0.2) is 36.4 Å². The van der Waals surface area contributed by atoms with E-state index < -0.39 is 0 Å². The van der Waals surface area contributed by atoms with Gasteiger partial charge in [-0.05, 0) is 24.8 Å². The fourth-order valence-electron chi connectivity index (χ4n) is 3.54. The van der Waals surface area contributed by atoms with Gasteiger partial charge in [0.15, 0.2) is 0 Å². The molecule has 30 heavy (non-hydrogen) atoms. The molecule has 3 aromatic rings. The Labute approximate surface area is 177 Å². The molecule has 0 radical (unpaired) electrons. The highest BCUT2D eigenvalue weighted by Gasteiger charge is 2.27. The van der Waals surface area contributed by atoms with E-state index in [0.717, 1.165) is 34.1 Å². The highest BCUT2D eigenvalue weighted by Crippen LogP contribution is 2.37. The van der Waals surface area contributed by atoms with E-state index >= 15 is 0 Å². The molecule has 0 saturated heterocycles. The van der Waals surface area contributed by atoms with Crippen molar-refractivity contribution in [1.29, 1.82) is 5.26 Å². The van der Waals surface area contributed by atoms with Crippen molar-refractivity contribution in [3.8, 4) is 17.3 Å². The number of hydrogen-bond donors (Lipinski definition) is 2. The van der Waals surface area contributed by atoms with E-state index in [9.17, 15) is 0 Å². The van der Waals surface area contributed by atoms with Crippen molar-refractivity contribution in [1.82, 2.24) is 40.3 Å². The van der Waals surface area contributed by atoms with Crippen molar-refractivity contribution in [2.24, 2.45) is 5.92 Å². The fourth-order valence-corrected chi connectivity index (χ4v) is 3.54. The van der Waals surface area contributed by atoms with Gasteiger partial charge in [0.25, 0.3) is 0 Å². The standard InChI is InChI=1S/C17H20N8.C2H3N.C2H6/c1-11-5-13(6-11)24-8-12(7-19-24)17-16-3-4-18-25(16)10-14(20-17)15-9-23(2)22-21-15;1-2-3;1-2/h3-4,7-11,13,21-22H,5-6H2,1-2H3;1H3;1-2H3. The summed E-state index contributed by atoms with van der Waals surface area (Å²) in [5.41, 5.74) is 10.8. The summed E-state index contributed by atoms with van der Waals surface area (Å²) < 4.78 is 3.94. The molecule has 9 heteroatoms. The summed E-state index contributed by atoms with van der Waals surface area (Å²) in [6.45, 7) is 7.72. The van der Waals surface area contributed by atoms with Gasteiger partial charge in [0.05, 0.1) is 47.6 Å². The minimum atomic E-state index is 0.518. The van der Waals surface area contributed by atoms with Gasteiger partial charge >= 0.3 is 0 Å². The fraction of sp³-hybridized carbons (Fsp3) is 0.429. The molecule has 1 aliphatic carbocycles. The van der Waals surface area contributed by atoms with Crippen molar-refractivity contribution in [2.45, 2.75) is 46.6 Å². The normalized spacial score (nSPS) is 19.5. The first kappa shape index (κ1) is 21.3. The van der Waals surface area contributed by atoms with Crippen molar-refractivity contribution < 1.29 is 0 Å². The Morgan fingerprint density at radius 3 is 2.57 bits per heavy atom. The first-order valence-electron chi connectivity index (χ1n) is 10.3. The average Bonchev–Trinajstić information content (AvgIpc) is 3.47. The lowest BCUT2D eigenvalue weighted by Gasteiger charge is -2.32. The van der Waals surface area contributed by atoms with Gasteiger partial charge in [-0.1, -0.05) is 20.8 Å². The highest BCUT2D eigenvalue weighted by atomic mass is 15.7. The molecule has 2 aliphatic rings. The molecular formula is C21H29N9. The van der Waals surface area contributed by atoms with E-state index in [0.29, 0.717) is 6.04 Å². The van der Waals surface area contributed by atoms with Gasteiger partial charge in [0.2, 0.25) is 0 Å². The van der Waals surface area contributed by atoms with Gasteiger partial charge in [-0.2, -0.15) is 15.5 Å². The first-order chi connectivity index (χ1) is 14.6. The quantitative estimate of drug-likeness (QED) is 0.687. The lowest BCUT2D eigenvalue weighted by molar-refractivity contribution is 0.200. The molecular weight excluding hydrogens is 378 g/mol. The van der Waals surface area contributed by atoms with Crippen molar-refractivity contribution in [3.05, 3.63) is 42.7 Å². The summed E-state index contributed by atoms with van der Waals surface area (Å²) >= 11 is 0. The molecule has 0 unspecified atom stereocenters. The Morgan fingerprint density at radius 2 is 1.93 bits per heavy atom. The number of aromatic nitrogens is 5. The van der Waals surface area contributed by atoms with Crippen LogP contribution in [-0.2, 0) is 0 Å². The Balaban J connectivity index is 0.000000473. The lowest BCUT2D eigenvalue weighted by Crippen LogP contribution is -2.33. The number of nitriles is 1. The molecule has 0 amide bonds. The zero-order valence-electron chi connectivity index (χ0n) is 18.2. The van der Waals surface area contributed by atoms with Crippen molar-refractivity contribution >= 4 is 11.2 Å². The number of rotatable bonds is 3. The summed E-state index contributed by atoms with van der Waals surface area (Å²) in [5.74, 6) is 0.797. The van der Waals surface area contributed by atoms with Gasteiger partial charge < -0.3 is 5.43 Å². The Morgan fingerprint density at radius 1 is 1.20 bits per heavy atom. The van der Waals surface area contributed by atoms with Crippen LogP contribution in [0.3, 0.4) is 0 Å². The predicted molar refractivity (Wildman–Crippen MR) is 116 cm³/mol. The topological polar surface area (TPSA) is 99.1 Å². The molecule has 0 aromatic carbocycles. The SMILES string of the molecule is CC.CC#N.CC1CC(n2cc(-c3nc(C4=CN(C)NN4)cn4nccc34)cn2)C1. The van der Waals surface area contributed by atoms with Crippen LogP contribution < -0.4 is 11.0 Å². The van der Waals surface area contributed by atoms with Crippen LogP contribution in [0.4, 0.5) is 0 Å². The lowest BCUT2D eigenvalue weighted by atomic mass is 9.82. The predicted octanol–water partition coefficient (Wildman–Crippen LogP) is 3.37. The maximum Gasteiger partial charge on any atom is 0.108 e. The third kappa shape index (κ3) is 4.28. The van der Waals surface area contributed by atoms with E-state index in [4.69, 9.17) is 10.2 Å². The minimum Gasteiger partial charge on any atom is -0.300 e. The Bertz CT molecular complexity index is 1050. The maximum atomic E-state index is 7.32. The van der Waals surface area contributed by atoms with Gasteiger partial charge in [0.1, 0.15) is 5.69 Å². The number of nitrogens with one attached hydrogen (secondary N) is 2. The monoisotopic (exact) mass is 407 g/mol. The van der Waals surface area contributed by atoms with Crippen LogP contribution in [0.15, 0.2) is 37.1 Å². The molecule has 3 aromatic heterocycles. The summed E-state index contributed by atoms with van der Waals surface area (Å²) in [5, 5.41) is 18.1. The second-order valence-electron chi connectivity index (χ2n) is 7.19. The average molecular weight is 408 g/mol. The van der Waals surface area contributed by atoms with Crippen LogP contribution >= 0.6 is 0 Å². The zero-order chi connectivity index (χ0) is 21.7. The van der Waals surface area contributed by atoms with Gasteiger partial charge in [-0.25, -0.2) is 9.50 Å². The summed E-state index contributed by atoms with van der Waals surface area (Å²) in [4.78, 5) is 4.88. The molecule has 1 aliphatic heterocycles. The third-order valence-electron chi connectivity index (χ3n) is 4.95. The molecule has 9 nitrogen and oxygen atoms in total. The van der Waals surface area contributed by atoms with Crippen LogP contribution in [0, 0.1) is 17.2 Å². The number of fused-ring (bicyclic) bond motifs is 1. The molecule has 1 fully saturated rings. The van der Waals surface area contributed by atoms with E-state index in [2.05, 4.69) is 39.0 Å². The molecule has 0 bridgehead atoms. The number of nitrogens with zero attached hydrogens (tertiary/aromatic N) is 7. The molecule has 5 rings (SSSR count). The summed E-state index contributed by atoms with van der Waals surface area (Å²) in [7, 11) is 1.93. The van der Waals surface area contributed by atoms with Crippen LogP contribution in [0.1, 0.15) is 52.3 Å². The summed E-state index contributed by atoms with van der Waals surface area (Å²) in [6.07, 6.45) is 12.1. The van der Waals surface area contributed by atoms with Gasteiger partial charge in [-0.3, -0.25) is 9.69 Å². The minimum absolute atomic E-state index is 0.518. The molecule has 0 atom stereocenters. The second-order valence-corrected chi connectivity index (χ2v) is 7.19. The Kier molecular flexibility index (Phi) is 6.69. The molecule has 158 valence electrons. The van der Waals surface area contributed by atoms with E-state index in [-0.39, 0.29) is 0 Å². The van der Waals surface area contributed by atoms with Crippen LogP contribution in [0.25, 0.3) is 22.5 Å². The smallest absolute Gasteiger partial charge is 0.108 e. The molecule has 4 heterocycles. The first-order valence-corrected chi connectivity index (χ1v) is 10.3. The highest BCUT2D eigenvalue weighted by molar-refractivity contribution is 5.77. The molecule has 1 saturated carbocycles. The van der Waals surface area contributed by atoms with Gasteiger partial charge in [-0.15, -0.1) is 5.53 Å². The van der Waals surface area contributed by atoms with Crippen molar-refractivity contribution in [2.75, 3.05) is 7.05 Å². The summed E-state index contributed by atoms with van der Waals surface area (Å²) in [6, 6.07) is 4.25. The second kappa shape index (κ2) is 9.41. The number of hydrogen-bond acceptors (Lipinski definition) is 7. The van der Waals surface area contributed by atoms with Crippen molar-refractivity contribution in [3.63, 3.8) is 0 Å². The number of hydrazine groups is 2. The van der Waals surface area contributed by atoms with Crippen LogP contribution in [0.2, 0.25) is 0 Å². The van der Waals surface area contributed by atoms with Gasteiger partial charge in [0, 0.05) is 31.9 Å². The Hall–Kier alpha value is -3.38. The zero-order valence-corrected chi connectivity index (χ0v) is 18.2.